The molecular weight excluding hydrogens is 222 g/mol. The van der Waals surface area contributed by atoms with Gasteiger partial charge in [-0.1, -0.05) is 5.16 Å². The minimum atomic E-state index is -1.25. The van der Waals surface area contributed by atoms with Crippen molar-refractivity contribution < 1.29 is 19.5 Å². The van der Waals surface area contributed by atoms with E-state index in [1.165, 1.54) is 12.5 Å². The highest BCUT2D eigenvalue weighted by atomic mass is 32.1. The fourth-order valence-electron chi connectivity index (χ4n) is 0.786. The summed E-state index contributed by atoms with van der Waals surface area (Å²) in [6, 6.07) is 0. The Hall–Kier alpha value is -1.96. The van der Waals surface area contributed by atoms with Gasteiger partial charge >= 0.3 is 5.97 Å². The average Bonchev–Trinajstić information content (AvgIpc) is 2.62. The zero-order chi connectivity index (χ0) is 11.3. The molecule has 8 heteroatoms. The number of rotatable bonds is 5. The highest BCUT2D eigenvalue weighted by Gasteiger charge is 2.17. The molecule has 0 radical (unpaired) electrons. The van der Waals surface area contributed by atoms with Crippen LogP contribution < -0.4 is 5.32 Å². The number of oxime groups is 1. The molecule has 1 aromatic heterocycles. The first-order valence-electron chi connectivity index (χ1n) is 3.69. The maximum Gasteiger partial charge on any atom is 0.360 e. The highest BCUT2D eigenvalue weighted by molar-refractivity contribution is 7.14. The Morgan fingerprint density at radius 3 is 3.07 bits per heavy atom. The monoisotopic (exact) mass is 229 g/mol. The van der Waals surface area contributed by atoms with Crippen LogP contribution in [0, 0.1) is 0 Å². The van der Waals surface area contributed by atoms with E-state index in [1.807, 2.05) is 0 Å². The second-order valence-corrected chi connectivity index (χ2v) is 3.09. The van der Waals surface area contributed by atoms with Crippen molar-refractivity contribution in [2.45, 2.75) is 0 Å². The van der Waals surface area contributed by atoms with E-state index >= 15 is 0 Å². The second kappa shape index (κ2) is 5.05. The Kier molecular flexibility index (Phi) is 3.75. The minimum absolute atomic E-state index is 0.138. The summed E-state index contributed by atoms with van der Waals surface area (Å²) in [5.41, 5.74) is -0.175. The summed E-state index contributed by atoms with van der Waals surface area (Å²) in [7, 11) is 1.24. The number of aliphatic carboxylic acids is 1. The van der Waals surface area contributed by atoms with Crippen molar-refractivity contribution in [2.24, 2.45) is 5.16 Å². The van der Waals surface area contributed by atoms with E-state index in [0.717, 1.165) is 11.3 Å². The van der Waals surface area contributed by atoms with E-state index in [2.05, 4.69) is 20.3 Å². The van der Waals surface area contributed by atoms with Crippen LogP contribution in [0.2, 0.25) is 0 Å². The molecule has 7 nitrogen and oxygen atoms in total. The first kappa shape index (κ1) is 11.1. The van der Waals surface area contributed by atoms with Crippen molar-refractivity contribution in [1.82, 2.24) is 4.98 Å². The Balaban J connectivity index is 2.97. The lowest BCUT2D eigenvalue weighted by Gasteiger charge is -1.94. The van der Waals surface area contributed by atoms with Gasteiger partial charge in [0, 0.05) is 5.38 Å². The molecule has 0 spiro atoms. The topological polar surface area (TPSA) is 101 Å². The molecule has 2 N–H and O–H groups in total. The average molecular weight is 229 g/mol. The molecule has 0 saturated carbocycles. The highest BCUT2D eigenvalue weighted by Crippen LogP contribution is 2.15. The van der Waals surface area contributed by atoms with Crippen LogP contribution in [0.15, 0.2) is 10.5 Å². The number of hydrogen-bond acceptors (Lipinski definition) is 6. The number of carbonyl (C=O) groups is 2. The van der Waals surface area contributed by atoms with Crippen LogP contribution >= 0.6 is 11.3 Å². The summed E-state index contributed by atoms with van der Waals surface area (Å²) in [6.07, 6.45) is 0.455. The lowest BCUT2D eigenvalue weighted by Crippen LogP contribution is -2.15. The number of carboxylic acids is 1. The molecule has 0 unspecified atom stereocenters. The van der Waals surface area contributed by atoms with Gasteiger partial charge in [0.25, 0.3) is 0 Å². The van der Waals surface area contributed by atoms with Crippen molar-refractivity contribution in [3.63, 3.8) is 0 Å². The normalized spacial score (nSPS) is 10.9. The second-order valence-electron chi connectivity index (χ2n) is 2.23. The van der Waals surface area contributed by atoms with Crippen LogP contribution in [0.5, 0.6) is 0 Å². The maximum absolute atomic E-state index is 10.7. The van der Waals surface area contributed by atoms with Gasteiger partial charge in [-0.05, 0) is 0 Å². The number of amides is 1. The van der Waals surface area contributed by atoms with Gasteiger partial charge in [-0.3, -0.25) is 4.79 Å². The van der Waals surface area contributed by atoms with Crippen molar-refractivity contribution in [3.8, 4) is 0 Å². The molecule has 0 atom stereocenters. The van der Waals surface area contributed by atoms with Gasteiger partial charge in [-0.15, -0.1) is 11.3 Å². The molecule has 0 aliphatic heterocycles. The van der Waals surface area contributed by atoms with E-state index in [4.69, 9.17) is 5.11 Å². The fourth-order valence-corrected chi connectivity index (χ4v) is 1.44. The van der Waals surface area contributed by atoms with Gasteiger partial charge < -0.3 is 15.3 Å². The molecule has 0 aliphatic carbocycles. The van der Waals surface area contributed by atoms with E-state index < -0.39 is 5.97 Å². The molecule has 1 heterocycles. The van der Waals surface area contributed by atoms with Gasteiger partial charge in [0.1, 0.15) is 12.8 Å². The molecule has 0 fully saturated rings. The SMILES string of the molecule is CO/N=C(/C(=O)O)c1csc(NC=O)n1. The van der Waals surface area contributed by atoms with Crippen molar-refractivity contribution in [1.29, 1.82) is 0 Å². The number of nitrogens with zero attached hydrogens (tertiary/aromatic N) is 2. The quantitative estimate of drug-likeness (QED) is 0.425. The zero-order valence-corrected chi connectivity index (χ0v) is 8.45. The van der Waals surface area contributed by atoms with Gasteiger partial charge in [-0.2, -0.15) is 0 Å². The number of hydrogen-bond donors (Lipinski definition) is 2. The lowest BCUT2D eigenvalue weighted by atomic mass is 10.3. The number of nitrogens with one attached hydrogen (secondary N) is 1. The molecule has 1 aromatic rings. The number of thiazole rings is 1. The Morgan fingerprint density at radius 1 is 1.80 bits per heavy atom. The van der Waals surface area contributed by atoms with Crippen LogP contribution in [0.1, 0.15) is 5.69 Å². The fraction of sp³-hybridized carbons (Fsp3) is 0.143. The van der Waals surface area contributed by atoms with Gasteiger partial charge in [0.05, 0.1) is 0 Å². The molecule has 0 bridgehead atoms. The third kappa shape index (κ3) is 2.74. The first-order valence-corrected chi connectivity index (χ1v) is 4.57. The van der Waals surface area contributed by atoms with Crippen LogP contribution in [0.4, 0.5) is 5.13 Å². The summed E-state index contributed by atoms with van der Waals surface area (Å²) in [5.74, 6) is -1.25. The van der Waals surface area contributed by atoms with Crippen molar-refractivity contribution >= 4 is 34.6 Å². The summed E-state index contributed by atoms with van der Waals surface area (Å²) < 4.78 is 0. The summed E-state index contributed by atoms with van der Waals surface area (Å²) in [6.45, 7) is 0. The van der Waals surface area contributed by atoms with Crippen LogP contribution in [0.25, 0.3) is 0 Å². The number of anilines is 1. The van der Waals surface area contributed by atoms with E-state index in [-0.39, 0.29) is 11.4 Å². The molecule has 0 aliphatic rings. The van der Waals surface area contributed by atoms with Gasteiger partial charge in [0.2, 0.25) is 12.1 Å². The smallest absolute Gasteiger partial charge is 0.360 e. The maximum atomic E-state index is 10.7. The zero-order valence-electron chi connectivity index (χ0n) is 7.63. The lowest BCUT2D eigenvalue weighted by molar-refractivity contribution is -0.129. The van der Waals surface area contributed by atoms with Crippen molar-refractivity contribution in [3.05, 3.63) is 11.1 Å². The molecule has 1 amide bonds. The molecule has 0 aromatic carbocycles. The van der Waals surface area contributed by atoms with Gasteiger partial charge in [0.15, 0.2) is 5.13 Å². The van der Waals surface area contributed by atoms with E-state index in [9.17, 15) is 9.59 Å². The molecular formula is C7H7N3O4S. The van der Waals surface area contributed by atoms with Crippen LogP contribution in [0.3, 0.4) is 0 Å². The predicted octanol–water partition coefficient (Wildman–Crippen LogP) is 0.147. The third-order valence-electron chi connectivity index (χ3n) is 1.31. The number of carboxylic acid groups (broad SMARTS) is 1. The summed E-state index contributed by atoms with van der Waals surface area (Å²) >= 11 is 1.09. The minimum Gasteiger partial charge on any atom is -0.476 e. The third-order valence-corrected chi connectivity index (χ3v) is 2.09. The standard InChI is InChI=1S/C7H7N3O4S/c1-14-10-5(6(12)13)4-2-15-7(9-4)8-3-11/h2-3H,1H3,(H,12,13)(H,8,9,11)/b10-5+. The number of carbonyl (C=O) groups excluding carboxylic acids is 1. The first-order chi connectivity index (χ1) is 7.19. The number of aromatic nitrogens is 1. The van der Waals surface area contributed by atoms with E-state index in [1.54, 1.807) is 0 Å². The molecule has 15 heavy (non-hydrogen) atoms. The molecule has 1 rings (SSSR count). The van der Waals surface area contributed by atoms with Crippen LogP contribution in [-0.4, -0.2) is 35.3 Å². The molecule has 0 saturated heterocycles. The van der Waals surface area contributed by atoms with Crippen molar-refractivity contribution in [2.75, 3.05) is 12.4 Å². The largest absolute Gasteiger partial charge is 0.476 e. The summed E-state index contributed by atoms with van der Waals surface area (Å²) in [5, 5.41) is 16.1. The molecule has 80 valence electrons. The van der Waals surface area contributed by atoms with Crippen LogP contribution in [-0.2, 0) is 14.4 Å². The Morgan fingerprint density at radius 2 is 2.53 bits per heavy atom. The predicted molar refractivity (Wildman–Crippen MR) is 53.0 cm³/mol. The van der Waals surface area contributed by atoms with Gasteiger partial charge in [-0.25, -0.2) is 9.78 Å². The van der Waals surface area contributed by atoms with E-state index in [0.29, 0.717) is 11.5 Å². The summed E-state index contributed by atoms with van der Waals surface area (Å²) in [4.78, 5) is 29.0. The Labute approximate surface area is 88.4 Å². The Bertz CT molecular complexity index is 401.